The average molecular weight is 241 g/mol. The fraction of sp³-hybridized carbons (Fsp3) is 0.333. The van der Waals surface area contributed by atoms with Crippen molar-refractivity contribution in [1.82, 2.24) is 9.97 Å². The molecule has 0 aliphatic carbocycles. The number of nitrogens with zero attached hydrogens (tertiary/aromatic N) is 2. The largest absolute Gasteiger partial charge is 0.384 e. The monoisotopic (exact) mass is 241 g/mol. The lowest BCUT2D eigenvalue weighted by Gasteiger charge is -2.10. The van der Waals surface area contributed by atoms with Crippen LogP contribution in [0.5, 0.6) is 0 Å². The van der Waals surface area contributed by atoms with Crippen LogP contribution in [0.15, 0.2) is 24.3 Å². The van der Waals surface area contributed by atoms with E-state index >= 15 is 0 Å². The van der Waals surface area contributed by atoms with Crippen molar-refractivity contribution in [2.75, 3.05) is 5.73 Å². The first-order chi connectivity index (χ1) is 8.61. The summed E-state index contributed by atoms with van der Waals surface area (Å²) in [6, 6.07) is 8.07. The lowest BCUT2D eigenvalue weighted by Crippen LogP contribution is -2.02. The number of hydrogen-bond donors (Lipinski definition) is 1. The first-order valence-corrected chi connectivity index (χ1v) is 6.32. The topological polar surface area (TPSA) is 51.8 Å². The Labute approximate surface area is 108 Å². The number of aryl methyl sites for hydroxylation is 3. The third kappa shape index (κ3) is 2.50. The minimum absolute atomic E-state index is 0.547. The number of benzene rings is 1. The summed E-state index contributed by atoms with van der Waals surface area (Å²) in [5.41, 5.74) is 10.4. The average Bonchev–Trinajstić information content (AvgIpc) is 2.28. The summed E-state index contributed by atoms with van der Waals surface area (Å²) in [6.45, 7) is 6.29. The maximum Gasteiger partial charge on any atom is 0.162 e. The first-order valence-electron chi connectivity index (χ1n) is 6.32. The molecule has 2 N–H and O–H groups in total. The highest BCUT2D eigenvalue weighted by Crippen LogP contribution is 2.25. The van der Waals surface area contributed by atoms with Crippen LogP contribution in [-0.2, 0) is 6.42 Å². The van der Waals surface area contributed by atoms with Gasteiger partial charge in [-0.1, -0.05) is 31.5 Å². The molecule has 94 valence electrons. The van der Waals surface area contributed by atoms with Gasteiger partial charge in [-0.25, -0.2) is 9.97 Å². The Morgan fingerprint density at radius 2 is 1.78 bits per heavy atom. The van der Waals surface area contributed by atoms with Crippen LogP contribution < -0.4 is 5.73 Å². The predicted octanol–water partition coefficient (Wildman–Crippen LogP) is 3.30. The van der Waals surface area contributed by atoms with E-state index in [4.69, 9.17) is 5.73 Å². The molecule has 0 aliphatic heterocycles. The fourth-order valence-corrected chi connectivity index (χ4v) is 2.18. The van der Waals surface area contributed by atoms with E-state index < -0.39 is 0 Å². The van der Waals surface area contributed by atoms with E-state index in [1.165, 1.54) is 11.1 Å². The SMILES string of the molecule is CCCc1cc(N)nc(-c2c(C)cccc2C)n1. The molecule has 0 spiro atoms. The van der Waals surface area contributed by atoms with Gasteiger partial charge in [0.2, 0.25) is 0 Å². The summed E-state index contributed by atoms with van der Waals surface area (Å²) in [7, 11) is 0. The molecule has 0 saturated carbocycles. The van der Waals surface area contributed by atoms with Crippen LogP contribution >= 0.6 is 0 Å². The molecular formula is C15H19N3. The Hall–Kier alpha value is -1.90. The van der Waals surface area contributed by atoms with Gasteiger partial charge in [0.25, 0.3) is 0 Å². The molecule has 1 heterocycles. The zero-order valence-electron chi connectivity index (χ0n) is 11.2. The summed E-state index contributed by atoms with van der Waals surface area (Å²) >= 11 is 0. The first kappa shape index (κ1) is 12.6. The van der Waals surface area contributed by atoms with E-state index in [1.54, 1.807) is 0 Å². The second-order valence-corrected chi connectivity index (χ2v) is 4.62. The molecule has 0 amide bonds. The van der Waals surface area contributed by atoms with Gasteiger partial charge in [0.1, 0.15) is 5.82 Å². The van der Waals surface area contributed by atoms with Gasteiger partial charge in [0.05, 0.1) is 0 Å². The van der Waals surface area contributed by atoms with Crippen molar-refractivity contribution in [2.45, 2.75) is 33.6 Å². The van der Waals surface area contributed by atoms with Crippen molar-refractivity contribution >= 4 is 5.82 Å². The minimum Gasteiger partial charge on any atom is -0.384 e. The molecule has 1 aromatic heterocycles. The summed E-state index contributed by atoms with van der Waals surface area (Å²) in [4.78, 5) is 9.00. The molecule has 0 aliphatic rings. The zero-order chi connectivity index (χ0) is 13.1. The van der Waals surface area contributed by atoms with Crippen LogP contribution in [0.3, 0.4) is 0 Å². The summed E-state index contributed by atoms with van der Waals surface area (Å²) in [5.74, 6) is 1.29. The van der Waals surface area contributed by atoms with E-state index in [0.717, 1.165) is 29.9 Å². The molecule has 1 aromatic carbocycles. The molecule has 0 radical (unpaired) electrons. The van der Waals surface area contributed by atoms with Crippen molar-refractivity contribution in [3.8, 4) is 11.4 Å². The van der Waals surface area contributed by atoms with E-state index in [2.05, 4.69) is 42.9 Å². The van der Waals surface area contributed by atoms with Crippen molar-refractivity contribution in [3.05, 3.63) is 41.1 Å². The van der Waals surface area contributed by atoms with Crippen molar-refractivity contribution in [2.24, 2.45) is 0 Å². The lowest BCUT2D eigenvalue weighted by atomic mass is 10.0. The molecule has 18 heavy (non-hydrogen) atoms. The maximum absolute atomic E-state index is 5.88. The molecule has 2 rings (SSSR count). The number of anilines is 1. The summed E-state index contributed by atoms with van der Waals surface area (Å²) in [5, 5.41) is 0. The second kappa shape index (κ2) is 5.17. The number of nitrogen functional groups attached to an aromatic ring is 1. The highest BCUT2D eigenvalue weighted by atomic mass is 14.9. The van der Waals surface area contributed by atoms with E-state index in [0.29, 0.717) is 5.82 Å². The van der Waals surface area contributed by atoms with Gasteiger partial charge in [-0.05, 0) is 31.4 Å². The maximum atomic E-state index is 5.88. The van der Waals surface area contributed by atoms with Crippen LogP contribution in [0.4, 0.5) is 5.82 Å². The molecule has 0 fully saturated rings. The van der Waals surface area contributed by atoms with E-state index in [9.17, 15) is 0 Å². The molecule has 0 atom stereocenters. The molecular weight excluding hydrogens is 222 g/mol. The Kier molecular flexibility index (Phi) is 3.60. The molecule has 3 nitrogen and oxygen atoms in total. The van der Waals surface area contributed by atoms with E-state index in [1.807, 2.05) is 12.1 Å². The van der Waals surface area contributed by atoms with Crippen LogP contribution in [0, 0.1) is 13.8 Å². The van der Waals surface area contributed by atoms with Gasteiger partial charge < -0.3 is 5.73 Å². The highest BCUT2D eigenvalue weighted by molar-refractivity contribution is 5.65. The van der Waals surface area contributed by atoms with E-state index in [-0.39, 0.29) is 0 Å². The second-order valence-electron chi connectivity index (χ2n) is 4.62. The standard InChI is InChI=1S/C15H19N3/c1-4-6-12-9-13(16)18-15(17-12)14-10(2)7-5-8-11(14)3/h5,7-9H,4,6H2,1-3H3,(H2,16,17,18). The predicted molar refractivity (Wildman–Crippen MR) is 75.3 cm³/mol. The summed E-state index contributed by atoms with van der Waals surface area (Å²) in [6.07, 6.45) is 1.99. The third-order valence-corrected chi connectivity index (χ3v) is 3.01. The number of hydrogen-bond acceptors (Lipinski definition) is 3. The van der Waals surface area contributed by atoms with Gasteiger partial charge in [0, 0.05) is 17.3 Å². The lowest BCUT2D eigenvalue weighted by molar-refractivity contribution is 0.876. The highest BCUT2D eigenvalue weighted by Gasteiger charge is 2.10. The number of rotatable bonds is 3. The Morgan fingerprint density at radius 1 is 1.11 bits per heavy atom. The third-order valence-electron chi connectivity index (χ3n) is 3.01. The van der Waals surface area contributed by atoms with Crippen LogP contribution in [0.25, 0.3) is 11.4 Å². The minimum atomic E-state index is 0.547. The zero-order valence-corrected chi connectivity index (χ0v) is 11.2. The smallest absolute Gasteiger partial charge is 0.162 e. The Bertz CT molecular complexity index is 541. The Balaban J connectivity index is 2.56. The van der Waals surface area contributed by atoms with Crippen LogP contribution in [-0.4, -0.2) is 9.97 Å². The van der Waals surface area contributed by atoms with Gasteiger partial charge in [-0.15, -0.1) is 0 Å². The van der Waals surface area contributed by atoms with Gasteiger partial charge in [0.15, 0.2) is 5.82 Å². The van der Waals surface area contributed by atoms with Gasteiger partial charge in [-0.3, -0.25) is 0 Å². The molecule has 0 bridgehead atoms. The number of aromatic nitrogens is 2. The Morgan fingerprint density at radius 3 is 2.39 bits per heavy atom. The van der Waals surface area contributed by atoms with Gasteiger partial charge in [-0.2, -0.15) is 0 Å². The normalized spacial score (nSPS) is 10.6. The fourth-order valence-electron chi connectivity index (χ4n) is 2.18. The van der Waals surface area contributed by atoms with Gasteiger partial charge >= 0.3 is 0 Å². The molecule has 3 heteroatoms. The van der Waals surface area contributed by atoms with Crippen molar-refractivity contribution in [1.29, 1.82) is 0 Å². The quantitative estimate of drug-likeness (QED) is 0.897. The summed E-state index contributed by atoms with van der Waals surface area (Å²) < 4.78 is 0. The van der Waals surface area contributed by atoms with Crippen molar-refractivity contribution in [3.63, 3.8) is 0 Å². The van der Waals surface area contributed by atoms with Crippen LogP contribution in [0.1, 0.15) is 30.2 Å². The van der Waals surface area contributed by atoms with Crippen LogP contribution in [0.2, 0.25) is 0 Å². The molecule has 0 saturated heterocycles. The number of nitrogens with two attached hydrogens (primary N) is 1. The van der Waals surface area contributed by atoms with Crippen molar-refractivity contribution < 1.29 is 0 Å². The molecule has 0 unspecified atom stereocenters. The molecule has 2 aromatic rings.